The molecule has 1 N–H and O–H groups in total. The number of nitrogens with one attached hydrogen (secondary N) is 1. The van der Waals surface area contributed by atoms with Gasteiger partial charge in [-0.2, -0.15) is 5.10 Å². The van der Waals surface area contributed by atoms with E-state index in [1.54, 1.807) is 16.9 Å². The fraction of sp³-hybridized carbons (Fsp3) is 0.167. The first-order chi connectivity index (χ1) is 8.65. The van der Waals surface area contributed by atoms with Gasteiger partial charge in [-0.05, 0) is 36.5 Å². The van der Waals surface area contributed by atoms with Gasteiger partial charge in [-0.15, -0.1) is 0 Å². The minimum Gasteiger partial charge on any atom is -0.331 e. The average molecular weight is 262 g/mol. The molecule has 3 rings (SSSR count). The summed E-state index contributed by atoms with van der Waals surface area (Å²) in [6.45, 7) is 0.568. The van der Waals surface area contributed by atoms with Crippen LogP contribution < -0.4 is 0 Å². The Morgan fingerprint density at radius 2 is 2.22 bits per heavy atom. The zero-order chi connectivity index (χ0) is 12.7. The molecule has 2 heterocycles. The minimum absolute atomic E-state index is 0.268. The molecule has 0 radical (unpaired) electrons. The summed E-state index contributed by atoms with van der Waals surface area (Å²) in [7, 11) is 1.87. The van der Waals surface area contributed by atoms with E-state index in [-0.39, 0.29) is 5.82 Å². The Balaban J connectivity index is 2.17. The van der Waals surface area contributed by atoms with Crippen molar-refractivity contribution in [3.63, 3.8) is 0 Å². The highest BCUT2D eigenvalue weighted by atomic mass is 32.1. The highest BCUT2D eigenvalue weighted by Crippen LogP contribution is 2.17. The van der Waals surface area contributed by atoms with Crippen molar-refractivity contribution in [1.29, 1.82) is 0 Å². The van der Waals surface area contributed by atoms with Crippen LogP contribution in [0.3, 0.4) is 0 Å². The molecule has 3 aromatic rings. The van der Waals surface area contributed by atoms with Crippen LogP contribution in [0.15, 0.2) is 30.5 Å². The van der Waals surface area contributed by atoms with E-state index in [2.05, 4.69) is 10.1 Å². The molecule has 4 nitrogen and oxygen atoms in total. The average Bonchev–Trinajstić information content (AvgIpc) is 2.86. The molecule has 18 heavy (non-hydrogen) atoms. The topological polar surface area (TPSA) is 38.5 Å². The molecule has 0 spiro atoms. The molecule has 92 valence electrons. The van der Waals surface area contributed by atoms with E-state index in [0.717, 1.165) is 16.7 Å². The van der Waals surface area contributed by atoms with Gasteiger partial charge in [-0.1, -0.05) is 0 Å². The third-order valence-corrected chi connectivity index (χ3v) is 3.30. The molecule has 6 heteroatoms. The summed E-state index contributed by atoms with van der Waals surface area (Å²) in [5.74, 6) is -0.268. The van der Waals surface area contributed by atoms with Crippen LogP contribution >= 0.6 is 12.2 Å². The Labute approximate surface area is 108 Å². The molecule has 0 aliphatic rings. The molecule has 0 aliphatic carbocycles. The number of halogens is 1. The van der Waals surface area contributed by atoms with Gasteiger partial charge in [0.1, 0.15) is 5.82 Å². The van der Waals surface area contributed by atoms with Crippen molar-refractivity contribution in [2.24, 2.45) is 7.05 Å². The lowest BCUT2D eigenvalue weighted by Gasteiger charge is -2.05. The molecule has 0 atom stereocenters. The second-order valence-corrected chi connectivity index (χ2v) is 4.51. The van der Waals surface area contributed by atoms with Crippen molar-refractivity contribution in [2.45, 2.75) is 6.54 Å². The number of benzene rings is 1. The van der Waals surface area contributed by atoms with Gasteiger partial charge in [0.15, 0.2) is 4.77 Å². The molecular formula is C12H11FN4S. The SMILES string of the molecule is Cn1nccc1Cn1c(=S)[nH]c2ccc(F)cc21. The molecule has 0 bridgehead atoms. The van der Waals surface area contributed by atoms with E-state index in [0.29, 0.717) is 11.3 Å². The maximum Gasteiger partial charge on any atom is 0.178 e. The number of imidazole rings is 1. The number of aromatic amines is 1. The maximum absolute atomic E-state index is 13.3. The fourth-order valence-electron chi connectivity index (χ4n) is 2.00. The van der Waals surface area contributed by atoms with Crippen molar-refractivity contribution in [1.82, 2.24) is 19.3 Å². The van der Waals surface area contributed by atoms with E-state index in [4.69, 9.17) is 12.2 Å². The normalized spacial score (nSPS) is 11.2. The molecule has 0 aliphatic heterocycles. The number of hydrogen-bond donors (Lipinski definition) is 1. The van der Waals surface area contributed by atoms with Gasteiger partial charge in [0, 0.05) is 13.2 Å². The Bertz CT molecular complexity index is 768. The van der Waals surface area contributed by atoms with Crippen LogP contribution in [0.5, 0.6) is 0 Å². The van der Waals surface area contributed by atoms with Crippen molar-refractivity contribution >= 4 is 23.3 Å². The van der Waals surface area contributed by atoms with E-state index < -0.39 is 0 Å². The van der Waals surface area contributed by atoms with Crippen LogP contribution in [0, 0.1) is 10.6 Å². The van der Waals surface area contributed by atoms with Crippen LogP contribution in [0.1, 0.15) is 5.69 Å². The second-order valence-electron chi connectivity index (χ2n) is 4.12. The van der Waals surface area contributed by atoms with Gasteiger partial charge >= 0.3 is 0 Å². The number of rotatable bonds is 2. The predicted molar refractivity (Wildman–Crippen MR) is 69.4 cm³/mol. The van der Waals surface area contributed by atoms with Gasteiger partial charge in [-0.25, -0.2) is 4.39 Å². The predicted octanol–water partition coefficient (Wildman–Crippen LogP) is 2.62. The summed E-state index contributed by atoms with van der Waals surface area (Å²) < 4.78 is 17.5. The molecule has 0 unspecified atom stereocenters. The molecule has 0 saturated carbocycles. The smallest absolute Gasteiger partial charge is 0.178 e. The number of fused-ring (bicyclic) bond motifs is 1. The van der Waals surface area contributed by atoms with Crippen LogP contribution in [-0.4, -0.2) is 19.3 Å². The van der Waals surface area contributed by atoms with Crippen LogP contribution in [0.25, 0.3) is 11.0 Å². The quantitative estimate of drug-likeness (QED) is 0.721. The Kier molecular flexibility index (Phi) is 2.52. The zero-order valence-corrected chi connectivity index (χ0v) is 10.5. The zero-order valence-electron chi connectivity index (χ0n) is 9.72. The van der Waals surface area contributed by atoms with Gasteiger partial charge in [-0.3, -0.25) is 4.68 Å². The Morgan fingerprint density at radius 3 is 2.94 bits per heavy atom. The summed E-state index contributed by atoms with van der Waals surface area (Å²) in [5.41, 5.74) is 2.61. The first kappa shape index (κ1) is 11.2. The second kappa shape index (κ2) is 4.06. The van der Waals surface area contributed by atoms with E-state index in [1.807, 2.05) is 17.7 Å². The van der Waals surface area contributed by atoms with Crippen molar-refractivity contribution in [2.75, 3.05) is 0 Å². The van der Waals surface area contributed by atoms with Crippen molar-refractivity contribution in [3.05, 3.63) is 46.7 Å². The summed E-state index contributed by atoms with van der Waals surface area (Å²) in [6.07, 6.45) is 1.73. The molecule has 0 fully saturated rings. The number of hydrogen-bond acceptors (Lipinski definition) is 2. The highest BCUT2D eigenvalue weighted by molar-refractivity contribution is 7.71. The summed E-state index contributed by atoms with van der Waals surface area (Å²) in [6, 6.07) is 6.51. The first-order valence-electron chi connectivity index (χ1n) is 5.50. The third kappa shape index (κ3) is 1.74. The van der Waals surface area contributed by atoms with Gasteiger partial charge < -0.3 is 9.55 Å². The lowest BCUT2D eigenvalue weighted by Crippen LogP contribution is -2.05. The molecule has 2 aromatic heterocycles. The van der Waals surface area contributed by atoms with E-state index >= 15 is 0 Å². The number of aryl methyl sites for hydroxylation is 1. The van der Waals surface area contributed by atoms with E-state index in [1.165, 1.54) is 12.1 Å². The largest absolute Gasteiger partial charge is 0.331 e. The number of nitrogens with zero attached hydrogens (tertiary/aromatic N) is 3. The standard InChI is InChI=1S/C12H11FN4S/c1-16-9(4-5-14-16)7-17-11-6-8(13)2-3-10(11)15-12(17)18/h2-6H,7H2,1H3,(H,15,18). The molecule has 0 amide bonds. The number of H-pyrrole nitrogens is 1. The lowest BCUT2D eigenvalue weighted by molar-refractivity contribution is 0.627. The Morgan fingerprint density at radius 1 is 1.39 bits per heavy atom. The first-order valence-corrected chi connectivity index (χ1v) is 5.91. The van der Waals surface area contributed by atoms with Gasteiger partial charge in [0.05, 0.1) is 23.3 Å². The summed E-state index contributed by atoms with van der Waals surface area (Å²) in [4.78, 5) is 3.07. The fourth-order valence-corrected chi connectivity index (χ4v) is 2.27. The third-order valence-electron chi connectivity index (χ3n) is 2.98. The number of aromatic nitrogens is 4. The Hall–Kier alpha value is -1.95. The van der Waals surface area contributed by atoms with Crippen molar-refractivity contribution in [3.8, 4) is 0 Å². The van der Waals surface area contributed by atoms with Gasteiger partial charge in [0.2, 0.25) is 0 Å². The van der Waals surface area contributed by atoms with Crippen LogP contribution in [0.4, 0.5) is 4.39 Å². The van der Waals surface area contributed by atoms with Gasteiger partial charge in [0.25, 0.3) is 0 Å². The molecular weight excluding hydrogens is 251 g/mol. The minimum atomic E-state index is -0.268. The highest BCUT2D eigenvalue weighted by Gasteiger charge is 2.07. The monoisotopic (exact) mass is 262 g/mol. The summed E-state index contributed by atoms with van der Waals surface area (Å²) in [5, 5.41) is 4.11. The van der Waals surface area contributed by atoms with Crippen LogP contribution in [0.2, 0.25) is 0 Å². The van der Waals surface area contributed by atoms with Crippen molar-refractivity contribution < 1.29 is 4.39 Å². The molecule has 1 aromatic carbocycles. The maximum atomic E-state index is 13.3. The van der Waals surface area contributed by atoms with Crippen LogP contribution in [-0.2, 0) is 13.6 Å². The van der Waals surface area contributed by atoms with E-state index in [9.17, 15) is 4.39 Å². The lowest BCUT2D eigenvalue weighted by atomic mass is 10.3. The molecule has 0 saturated heterocycles. The summed E-state index contributed by atoms with van der Waals surface area (Å²) >= 11 is 5.27.